The Morgan fingerprint density at radius 3 is 2.90 bits per heavy atom. The van der Waals surface area contributed by atoms with Crippen LogP contribution < -0.4 is 0 Å². The molecule has 1 aromatic rings. The molecule has 0 aromatic carbocycles. The van der Waals surface area contributed by atoms with Gasteiger partial charge in [-0.25, -0.2) is 4.21 Å². The zero-order valence-corrected chi connectivity index (χ0v) is 5.84. The van der Waals surface area contributed by atoms with Gasteiger partial charge in [0.05, 0.1) is 0 Å². The van der Waals surface area contributed by atoms with Crippen molar-refractivity contribution in [3.8, 4) is 0 Å². The second-order valence-corrected chi connectivity index (χ2v) is 2.16. The molecule has 0 bridgehead atoms. The molecule has 0 aliphatic rings. The summed E-state index contributed by atoms with van der Waals surface area (Å²) in [5, 5.41) is 8.54. The van der Waals surface area contributed by atoms with Crippen molar-refractivity contribution in [3.05, 3.63) is 30.1 Å². The Morgan fingerprint density at radius 2 is 2.40 bits per heavy atom. The highest BCUT2D eigenvalue weighted by atomic mass is 32.1. The van der Waals surface area contributed by atoms with E-state index in [1.807, 2.05) is 0 Å². The summed E-state index contributed by atoms with van der Waals surface area (Å²) in [6.45, 7) is 0. The van der Waals surface area contributed by atoms with Crippen LogP contribution in [0.3, 0.4) is 0 Å². The summed E-state index contributed by atoms with van der Waals surface area (Å²) in [7, 11) is 0. The first-order valence-corrected chi connectivity index (χ1v) is 3.36. The quantitative estimate of drug-likeness (QED) is 0.594. The maximum Gasteiger partial charge on any atom is 0.192 e. The molecule has 4 heteroatoms. The highest BCUT2D eigenvalue weighted by Crippen LogP contribution is 1.90. The van der Waals surface area contributed by atoms with Gasteiger partial charge in [-0.05, 0) is 12.1 Å². The average Bonchev–Trinajstić information content (AvgIpc) is 2.05. The van der Waals surface area contributed by atoms with Gasteiger partial charge >= 0.3 is 0 Å². The van der Waals surface area contributed by atoms with Crippen molar-refractivity contribution in [2.45, 2.75) is 0 Å². The van der Waals surface area contributed by atoms with Crippen LogP contribution in [0.15, 0.2) is 24.4 Å². The number of rotatable bonds is 1. The Bertz CT molecular complexity index is 266. The third-order valence-electron chi connectivity index (χ3n) is 0.963. The van der Waals surface area contributed by atoms with Gasteiger partial charge in [-0.1, -0.05) is 6.07 Å². The lowest BCUT2D eigenvalue weighted by Crippen LogP contribution is -1.99. The largest absolute Gasteiger partial charge is 0.348 e. The van der Waals surface area contributed by atoms with E-state index in [1.54, 1.807) is 18.2 Å². The summed E-state index contributed by atoms with van der Waals surface area (Å²) in [4.78, 5) is 3.74. The van der Waals surface area contributed by atoms with Gasteiger partial charge in [-0.15, -0.1) is 0 Å². The zero-order valence-electron chi connectivity index (χ0n) is 5.02. The summed E-state index contributed by atoms with van der Waals surface area (Å²) in [6.07, 6.45) is 1.52. The van der Waals surface area contributed by atoms with E-state index >= 15 is 0 Å². The van der Waals surface area contributed by atoms with E-state index in [2.05, 4.69) is 4.98 Å². The molecule has 1 heterocycles. The van der Waals surface area contributed by atoms with Crippen LogP contribution in [0.25, 0.3) is 0 Å². The second kappa shape index (κ2) is 3.24. The smallest absolute Gasteiger partial charge is 0.192 e. The second-order valence-electron chi connectivity index (χ2n) is 1.60. The topological polar surface area (TPSA) is 50.2 Å². The SMILES string of the molecule is O=S=C(O)c1ccccn1. The third-order valence-corrected chi connectivity index (χ3v) is 1.33. The molecule has 1 N–H and O–H groups in total. The van der Waals surface area contributed by atoms with Gasteiger partial charge < -0.3 is 5.11 Å². The maximum atomic E-state index is 10.0. The van der Waals surface area contributed by atoms with Crippen molar-refractivity contribution in [1.82, 2.24) is 4.98 Å². The van der Waals surface area contributed by atoms with Gasteiger partial charge in [-0.3, -0.25) is 4.98 Å². The Hall–Kier alpha value is -1.00. The van der Waals surface area contributed by atoms with Crippen LogP contribution in [0.4, 0.5) is 0 Å². The Balaban J connectivity index is 3.08. The minimum Gasteiger partial charge on any atom is -0.348 e. The number of hydrogen-bond donors (Lipinski definition) is 1. The molecule has 0 aliphatic carbocycles. The van der Waals surface area contributed by atoms with Gasteiger partial charge in [0.2, 0.25) is 0 Å². The molecule has 0 spiro atoms. The van der Waals surface area contributed by atoms with Crippen LogP contribution in [0, 0.1) is 0 Å². The molecule has 0 fully saturated rings. The van der Waals surface area contributed by atoms with E-state index in [-0.39, 0.29) is 16.3 Å². The summed E-state index contributed by atoms with van der Waals surface area (Å²) < 4.78 is 10.0. The lowest BCUT2D eigenvalue weighted by molar-refractivity contribution is 0.565. The molecular weight excluding hydrogens is 150 g/mol. The number of aromatic nitrogens is 1. The molecule has 0 amide bonds. The molecule has 52 valence electrons. The highest BCUT2D eigenvalue weighted by molar-refractivity contribution is 7.66. The van der Waals surface area contributed by atoms with Crippen molar-refractivity contribution in [1.29, 1.82) is 0 Å². The maximum absolute atomic E-state index is 10.0. The van der Waals surface area contributed by atoms with E-state index < -0.39 is 0 Å². The van der Waals surface area contributed by atoms with Crippen LogP contribution in [-0.4, -0.2) is 19.4 Å². The van der Waals surface area contributed by atoms with Crippen LogP contribution in [-0.2, 0) is 11.3 Å². The number of nitrogens with zero attached hydrogens (tertiary/aromatic N) is 1. The molecule has 3 nitrogen and oxygen atoms in total. The van der Waals surface area contributed by atoms with E-state index in [4.69, 9.17) is 5.11 Å². The normalized spacial score (nSPS) is 8.90. The summed E-state index contributed by atoms with van der Waals surface area (Å²) in [5.41, 5.74) is 0.322. The predicted molar refractivity (Wildman–Crippen MR) is 39.1 cm³/mol. The van der Waals surface area contributed by atoms with E-state index in [9.17, 15) is 4.21 Å². The number of aliphatic hydroxyl groups is 1. The van der Waals surface area contributed by atoms with Crippen LogP contribution >= 0.6 is 0 Å². The van der Waals surface area contributed by atoms with Crippen molar-refractivity contribution < 1.29 is 9.32 Å². The van der Waals surface area contributed by atoms with Crippen LogP contribution in [0.1, 0.15) is 5.69 Å². The van der Waals surface area contributed by atoms with E-state index in [1.165, 1.54) is 6.20 Å². The highest BCUT2D eigenvalue weighted by Gasteiger charge is 1.95. The molecule has 0 saturated carbocycles. The van der Waals surface area contributed by atoms with Crippen molar-refractivity contribution in [2.75, 3.05) is 0 Å². The molecule has 10 heavy (non-hydrogen) atoms. The molecule has 0 saturated heterocycles. The fourth-order valence-corrected chi connectivity index (χ4v) is 0.738. The van der Waals surface area contributed by atoms with Crippen molar-refractivity contribution >= 4 is 16.3 Å². The fraction of sp³-hybridized carbons (Fsp3) is 0. The first-order valence-electron chi connectivity index (χ1n) is 2.61. The molecule has 0 aliphatic heterocycles. The Morgan fingerprint density at radius 1 is 1.60 bits per heavy atom. The first-order chi connectivity index (χ1) is 4.84. The monoisotopic (exact) mass is 155 g/mol. The zero-order chi connectivity index (χ0) is 7.40. The lowest BCUT2D eigenvalue weighted by atomic mass is 10.4. The fourth-order valence-electron chi connectivity index (χ4n) is 0.532. The number of pyridine rings is 1. The molecular formula is C6H5NO2S. The van der Waals surface area contributed by atoms with Gasteiger partial charge in [0.1, 0.15) is 16.9 Å². The van der Waals surface area contributed by atoms with E-state index in [0.29, 0.717) is 5.69 Å². The minimum absolute atomic E-state index is 0.0376. The number of hydrogen-bond acceptors (Lipinski definition) is 2. The minimum atomic E-state index is -0.291. The van der Waals surface area contributed by atoms with Gasteiger partial charge in [0.25, 0.3) is 0 Å². The summed E-state index contributed by atoms with van der Waals surface area (Å²) in [5.74, 6) is 0. The predicted octanol–water partition coefficient (Wildman–Crippen LogP) is 0.331. The van der Waals surface area contributed by atoms with Gasteiger partial charge in [0.15, 0.2) is 5.05 Å². The van der Waals surface area contributed by atoms with Gasteiger partial charge in [-0.2, -0.15) is 0 Å². The summed E-state index contributed by atoms with van der Waals surface area (Å²) in [6, 6.07) is 4.99. The standard InChI is InChI=1S/C6H5NO2S/c8-6(10-9)5-3-1-2-4-7-5/h1-4,8H. The third kappa shape index (κ3) is 1.49. The Labute approximate surface area is 61.4 Å². The average molecular weight is 155 g/mol. The molecule has 0 atom stereocenters. The van der Waals surface area contributed by atoms with Gasteiger partial charge in [0, 0.05) is 6.20 Å². The molecule has 0 radical (unpaired) electrons. The van der Waals surface area contributed by atoms with Crippen LogP contribution in [0.5, 0.6) is 0 Å². The van der Waals surface area contributed by atoms with Crippen molar-refractivity contribution in [2.24, 2.45) is 0 Å². The van der Waals surface area contributed by atoms with Crippen molar-refractivity contribution in [3.63, 3.8) is 0 Å². The molecule has 1 rings (SSSR count). The first kappa shape index (κ1) is 7.11. The lowest BCUT2D eigenvalue weighted by Gasteiger charge is -1.90. The van der Waals surface area contributed by atoms with Crippen LogP contribution in [0.2, 0.25) is 0 Å². The Kier molecular flexibility index (Phi) is 2.30. The molecule has 0 unspecified atom stereocenters. The van der Waals surface area contributed by atoms with E-state index in [0.717, 1.165) is 0 Å². The summed E-state index contributed by atoms with van der Waals surface area (Å²) >= 11 is 0.0376. The number of aliphatic hydroxyl groups excluding tert-OH is 1. The molecule has 1 aromatic heterocycles.